The Bertz CT molecular complexity index is 792. The molecule has 0 spiro atoms. The molecule has 1 N–H and O–H groups in total. The lowest BCUT2D eigenvalue weighted by Gasteiger charge is -2.34. The normalized spacial score (nSPS) is 22.8. The number of piperazine rings is 1. The van der Waals surface area contributed by atoms with Crippen molar-refractivity contribution in [3.63, 3.8) is 0 Å². The molecule has 0 radical (unpaired) electrons. The van der Waals surface area contributed by atoms with Gasteiger partial charge in [0.15, 0.2) is 0 Å². The Kier molecular flexibility index (Phi) is 6.47. The molecule has 2 fully saturated rings. The van der Waals surface area contributed by atoms with Crippen molar-refractivity contribution in [1.29, 1.82) is 0 Å². The van der Waals surface area contributed by atoms with Gasteiger partial charge in [-0.25, -0.2) is 9.78 Å². The van der Waals surface area contributed by atoms with E-state index in [1.165, 1.54) is 11.0 Å². The number of urea groups is 1. The first-order valence-corrected chi connectivity index (χ1v) is 9.80. The smallest absolute Gasteiger partial charge is 0.417 e. The van der Waals surface area contributed by atoms with E-state index in [-0.39, 0.29) is 24.6 Å². The van der Waals surface area contributed by atoms with Crippen LogP contribution in [0.5, 0.6) is 5.88 Å². The number of likely N-dealkylation sites (N-methyl/N-ethyl adjacent to an activating group) is 1. The maximum absolute atomic E-state index is 12.6. The third-order valence-electron chi connectivity index (χ3n) is 5.29. The summed E-state index contributed by atoms with van der Waals surface area (Å²) in [5.74, 6) is -1.39. The molecule has 1 aromatic rings. The Morgan fingerprint density at radius 1 is 1.17 bits per heavy atom. The van der Waals surface area contributed by atoms with Gasteiger partial charge >= 0.3 is 24.0 Å². The zero-order valence-electron chi connectivity index (χ0n) is 16.4. The molecule has 1 aliphatic heterocycles. The van der Waals surface area contributed by atoms with Gasteiger partial charge in [-0.2, -0.15) is 13.2 Å². The Morgan fingerprint density at radius 2 is 1.87 bits per heavy atom. The molecule has 1 aromatic heterocycles. The van der Waals surface area contributed by atoms with Crippen molar-refractivity contribution in [3.05, 3.63) is 23.9 Å². The van der Waals surface area contributed by atoms with Crippen LogP contribution in [0.2, 0.25) is 0 Å². The molecular formula is C19H23F3N4O4. The number of hydrogen-bond donors (Lipinski definition) is 1. The quantitative estimate of drug-likeness (QED) is 0.743. The number of alkyl halides is 3. The first-order valence-electron chi connectivity index (χ1n) is 9.80. The molecule has 0 atom stereocenters. The molecule has 0 bridgehead atoms. The summed E-state index contributed by atoms with van der Waals surface area (Å²) in [5.41, 5.74) is -0.839. The Hall–Kier alpha value is -2.85. The minimum absolute atomic E-state index is 0.119. The van der Waals surface area contributed by atoms with Crippen molar-refractivity contribution in [2.45, 2.75) is 50.9 Å². The molecule has 0 unspecified atom stereocenters. The number of imide groups is 1. The minimum atomic E-state index is -4.45. The van der Waals surface area contributed by atoms with Crippen molar-refractivity contribution in [1.82, 2.24) is 20.1 Å². The minimum Gasteiger partial charge on any atom is -0.474 e. The second-order valence-electron chi connectivity index (χ2n) is 7.27. The SMILES string of the molecule is CCN1CCN(C(=O)NC2CCC(Oc3ccc(C(F)(F)F)cn3)CC2)C(=O)C1=O. The van der Waals surface area contributed by atoms with Crippen LogP contribution < -0.4 is 10.1 Å². The summed E-state index contributed by atoms with van der Waals surface area (Å²) < 4.78 is 43.4. The molecule has 8 nitrogen and oxygen atoms in total. The van der Waals surface area contributed by atoms with Gasteiger partial charge in [0.05, 0.1) is 5.56 Å². The third-order valence-corrected chi connectivity index (χ3v) is 5.29. The molecule has 3 rings (SSSR count). The molecule has 30 heavy (non-hydrogen) atoms. The van der Waals surface area contributed by atoms with E-state index in [0.29, 0.717) is 38.8 Å². The van der Waals surface area contributed by atoms with Crippen molar-refractivity contribution >= 4 is 17.8 Å². The highest BCUT2D eigenvalue weighted by Gasteiger charge is 2.36. The van der Waals surface area contributed by atoms with Crippen LogP contribution >= 0.6 is 0 Å². The van der Waals surface area contributed by atoms with Gasteiger partial charge in [0, 0.05) is 37.9 Å². The van der Waals surface area contributed by atoms with E-state index in [1.807, 2.05) is 0 Å². The summed E-state index contributed by atoms with van der Waals surface area (Å²) in [4.78, 5) is 42.4. The van der Waals surface area contributed by atoms with Crippen LogP contribution in [0.15, 0.2) is 18.3 Å². The molecule has 2 aliphatic rings. The van der Waals surface area contributed by atoms with E-state index in [4.69, 9.17) is 4.74 Å². The van der Waals surface area contributed by atoms with Crippen LogP contribution in [0.3, 0.4) is 0 Å². The molecular weight excluding hydrogens is 405 g/mol. The maximum atomic E-state index is 12.6. The molecule has 1 saturated carbocycles. The molecule has 164 valence electrons. The fourth-order valence-corrected chi connectivity index (χ4v) is 3.54. The number of pyridine rings is 1. The largest absolute Gasteiger partial charge is 0.474 e. The summed E-state index contributed by atoms with van der Waals surface area (Å²) in [6.45, 7) is 2.65. The molecule has 0 aromatic carbocycles. The van der Waals surface area contributed by atoms with E-state index in [2.05, 4.69) is 10.3 Å². The average Bonchev–Trinajstić information content (AvgIpc) is 2.71. The second-order valence-corrected chi connectivity index (χ2v) is 7.27. The Balaban J connectivity index is 1.46. The standard InChI is InChI=1S/C19H23F3N4O4/c1-2-25-9-10-26(17(28)16(25)27)18(29)24-13-4-6-14(7-5-13)30-15-8-3-12(11-23-15)19(20,21)22/h3,8,11,13-14H,2,4-7,9-10H2,1H3,(H,24,29). The predicted octanol–water partition coefficient (Wildman–Crippen LogP) is 2.19. The van der Waals surface area contributed by atoms with E-state index in [0.717, 1.165) is 17.2 Å². The van der Waals surface area contributed by atoms with Crippen molar-refractivity contribution in [2.24, 2.45) is 0 Å². The summed E-state index contributed by atoms with van der Waals surface area (Å²) in [6.07, 6.45) is -1.63. The van der Waals surface area contributed by atoms with Gasteiger partial charge in [-0.1, -0.05) is 0 Å². The first-order chi connectivity index (χ1) is 14.2. The predicted molar refractivity (Wildman–Crippen MR) is 98.4 cm³/mol. The van der Waals surface area contributed by atoms with Crippen molar-refractivity contribution in [3.8, 4) is 5.88 Å². The maximum Gasteiger partial charge on any atom is 0.417 e. The van der Waals surface area contributed by atoms with Gasteiger partial charge in [-0.15, -0.1) is 0 Å². The molecule has 4 amide bonds. The van der Waals surface area contributed by atoms with Crippen LogP contribution in [0.25, 0.3) is 0 Å². The molecule has 11 heteroatoms. The lowest BCUT2D eigenvalue weighted by atomic mass is 9.93. The monoisotopic (exact) mass is 428 g/mol. The second kappa shape index (κ2) is 8.88. The number of halogens is 3. The Labute approximate surface area is 171 Å². The number of rotatable bonds is 4. The summed E-state index contributed by atoms with van der Waals surface area (Å²) in [5, 5.41) is 2.78. The van der Waals surface area contributed by atoms with Gasteiger partial charge in [0.2, 0.25) is 5.88 Å². The number of aromatic nitrogens is 1. The highest BCUT2D eigenvalue weighted by atomic mass is 19.4. The van der Waals surface area contributed by atoms with Crippen molar-refractivity contribution < 1.29 is 32.3 Å². The number of ether oxygens (including phenoxy) is 1. The fraction of sp³-hybridized carbons (Fsp3) is 0.579. The Morgan fingerprint density at radius 3 is 2.43 bits per heavy atom. The third kappa shape index (κ3) is 5.00. The summed E-state index contributed by atoms with van der Waals surface area (Å²) in [6, 6.07) is 1.35. The lowest BCUT2D eigenvalue weighted by molar-refractivity contribution is -0.153. The van der Waals surface area contributed by atoms with Gasteiger partial charge in [0.25, 0.3) is 0 Å². The topological polar surface area (TPSA) is 91.8 Å². The number of nitrogens with one attached hydrogen (secondary N) is 1. The highest BCUT2D eigenvalue weighted by molar-refractivity contribution is 6.38. The van der Waals surface area contributed by atoms with Gasteiger partial charge in [0.1, 0.15) is 6.10 Å². The lowest BCUT2D eigenvalue weighted by Crippen LogP contribution is -2.59. The van der Waals surface area contributed by atoms with Gasteiger partial charge in [-0.05, 0) is 38.7 Å². The number of hydrogen-bond acceptors (Lipinski definition) is 5. The first kappa shape index (κ1) is 21.8. The van der Waals surface area contributed by atoms with E-state index >= 15 is 0 Å². The van der Waals surface area contributed by atoms with E-state index in [9.17, 15) is 27.6 Å². The number of carbonyl (C=O) groups excluding carboxylic acids is 3. The summed E-state index contributed by atoms with van der Waals surface area (Å²) >= 11 is 0. The van der Waals surface area contributed by atoms with E-state index < -0.39 is 29.6 Å². The van der Waals surface area contributed by atoms with Crippen LogP contribution in [-0.4, -0.2) is 64.4 Å². The van der Waals surface area contributed by atoms with E-state index in [1.54, 1.807) is 6.92 Å². The number of nitrogens with zero attached hydrogens (tertiary/aromatic N) is 3. The number of amides is 4. The van der Waals surface area contributed by atoms with Gasteiger partial charge < -0.3 is 15.0 Å². The molecule has 1 saturated heterocycles. The average molecular weight is 428 g/mol. The summed E-state index contributed by atoms with van der Waals surface area (Å²) in [7, 11) is 0. The van der Waals surface area contributed by atoms with Crippen LogP contribution in [0.1, 0.15) is 38.2 Å². The van der Waals surface area contributed by atoms with Crippen LogP contribution in [0, 0.1) is 0 Å². The fourth-order valence-electron chi connectivity index (χ4n) is 3.54. The van der Waals surface area contributed by atoms with Crippen molar-refractivity contribution in [2.75, 3.05) is 19.6 Å². The van der Waals surface area contributed by atoms with Gasteiger partial charge in [-0.3, -0.25) is 14.5 Å². The number of carbonyl (C=O) groups is 3. The van der Waals surface area contributed by atoms with Crippen LogP contribution in [-0.2, 0) is 15.8 Å². The zero-order chi connectivity index (χ0) is 21.9. The molecule has 2 heterocycles. The highest BCUT2D eigenvalue weighted by Crippen LogP contribution is 2.30. The zero-order valence-corrected chi connectivity index (χ0v) is 16.4. The van der Waals surface area contributed by atoms with Crippen LogP contribution in [0.4, 0.5) is 18.0 Å². The molecule has 1 aliphatic carbocycles.